The number of aromatic nitrogens is 3. The Hall–Kier alpha value is -6.07. The fourth-order valence-electron chi connectivity index (χ4n) is 5.69. The van der Waals surface area contributed by atoms with E-state index < -0.39 is 0 Å². The monoisotopic (exact) mass is 567 g/mol. The van der Waals surface area contributed by atoms with Crippen LogP contribution in [0.2, 0.25) is 0 Å². The summed E-state index contributed by atoms with van der Waals surface area (Å²) in [5, 5.41) is 13.4. The van der Waals surface area contributed by atoms with E-state index in [2.05, 4.69) is 36.4 Å². The number of phenols is 1. The first-order chi connectivity index (χ1) is 21.7. The van der Waals surface area contributed by atoms with Crippen molar-refractivity contribution in [3.63, 3.8) is 0 Å². The molecule has 5 heteroatoms. The molecule has 0 fully saturated rings. The molecular formula is C39H25N3O2. The number of hydrogen-bond acceptors (Lipinski definition) is 5. The van der Waals surface area contributed by atoms with Gasteiger partial charge < -0.3 is 9.52 Å². The van der Waals surface area contributed by atoms with E-state index in [1.807, 2.05) is 103 Å². The average Bonchev–Trinajstić information content (AvgIpc) is 3.47. The van der Waals surface area contributed by atoms with E-state index in [0.29, 0.717) is 23.0 Å². The second-order valence-electron chi connectivity index (χ2n) is 10.6. The molecule has 0 spiro atoms. The van der Waals surface area contributed by atoms with Crippen molar-refractivity contribution in [1.82, 2.24) is 15.0 Å². The van der Waals surface area contributed by atoms with Crippen LogP contribution in [0.4, 0.5) is 0 Å². The van der Waals surface area contributed by atoms with Gasteiger partial charge in [-0.25, -0.2) is 15.0 Å². The molecule has 8 rings (SSSR count). The van der Waals surface area contributed by atoms with Crippen molar-refractivity contribution in [3.8, 4) is 62.2 Å². The van der Waals surface area contributed by atoms with Gasteiger partial charge in [-0.15, -0.1) is 0 Å². The molecule has 0 aliphatic carbocycles. The van der Waals surface area contributed by atoms with Crippen molar-refractivity contribution in [1.29, 1.82) is 0 Å². The Bertz CT molecular complexity index is 2220. The summed E-state index contributed by atoms with van der Waals surface area (Å²) >= 11 is 0. The van der Waals surface area contributed by atoms with Gasteiger partial charge in [-0.3, -0.25) is 0 Å². The maximum atomic E-state index is 11.2. The predicted molar refractivity (Wildman–Crippen MR) is 176 cm³/mol. The van der Waals surface area contributed by atoms with Gasteiger partial charge in [-0.1, -0.05) is 121 Å². The van der Waals surface area contributed by atoms with E-state index in [1.54, 1.807) is 6.07 Å². The molecule has 8 aromatic rings. The van der Waals surface area contributed by atoms with Gasteiger partial charge in [0.25, 0.3) is 0 Å². The van der Waals surface area contributed by atoms with Crippen molar-refractivity contribution in [2.75, 3.05) is 0 Å². The molecule has 44 heavy (non-hydrogen) atoms. The van der Waals surface area contributed by atoms with Gasteiger partial charge in [0.2, 0.25) is 0 Å². The summed E-state index contributed by atoms with van der Waals surface area (Å²) in [6.07, 6.45) is 0. The quantitative estimate of drug-likeness (QED) is 0.224. The number of para-hydroxylation sites is 1. The lowest BCUT2D eigenvalue weighted by atomic mass is 9.95. The zero-order chi connectivity index (χ0) is 29.5. The first kappa shape index (κ1) is 25.6. The largest absolute Gasteiger partial charge is 0.507 e. The number of benzene rings is 6. The molecule has 0 saturated heterocycles. The standard InChI is InChI=1S/C39H25N3O2/c43-33-16-9-15-32(39-41-37(27-10-3-1-4-11-27)40-38(42-39)28-12-5-2-6-13-28)36(33)26-20-18-25(19-21-26)29-22-23-31-30-14-7-8-17-34(30)44-35(31)24-29/h1-24,43H. The molecule has 0 saturated carbocycles. The van der Waals surface area contributed by atoms with Gasteiger partial charge in [0.05, 0.1) is 0 Å². The van der Waals surface area contributed by atoms with Crippen molar-refractivity contribution in [2.24, 2.45) is 0 Å². The normalized spacial score (nSPS) is 11.3. The number of rotatable bonds is 5. The zero-order valence-corrected chi connectivity index (χ0v) is 23.6. The lowest BCUT2D eigenvalue weighted by molar-refractivity contribution is 0.477. The minimum absolute atomic E-state index is 0.155. The molecule has 2 aromatic heterocycles. The molecule has 6 aromatic carbocycles. The molecule has 0 amide bonds. The number of nitrogens with zero attached hydrogens (tertiary/aromatic N) is 3. The lowest BCUT2D eigenvalue weighted by Gasteiger charge is -2.14. The van der Waals surface area contributed by atoms with Crippen LogP contribution in [0.5, 0.6) is 5.75 Å². The third kappa shape index (κ3) is 4.57. The molecule has 0 aliphatic rings. The maximum absolute atomic E-state index is 11.2. The zero-order valence-electron chi connectivity index (χ0n) is 23.6. The molecular weight excluding hydrogens is 542 g/mol. The number of aromatic hydroxyl groups is 1. The van der Waals surface area contributed by atoms with Gasteiger partial charge in [0.15, 0.2) is 17.5 Å². The summed E-state index contributed by atoms with van der Waals surface area (Å²) in [7, 11) is 0. The molecule has 2 heterocycles. The molecule has 0 radical (unpaired) electrons. The van der Waals surface area contributed by atoms with Gasteiger partial charge in [-0.05, 0) is 41.0 Å². The minimum atomic E-state index is 0.155. The maximum Gasteiger partial charge on any atom is 0.164 e. The van der Waals surface area contributed by atoms with Crippen LogP contribution in [0.1, 0.15) is 0 Å². The van der Waals surface area contributed by atoms with E-state index in [0.717, 1.165) is 55.3 Å². The van der Waals surface area contributed by atoms with Crippen LogP contribution in [-0.4, -0.2) is 20.1 Å². The Morgan fingerprint density at radius 1 is 0.409 bits per heavy atom. The topological polar surface area (TPSA) is 72.0 Å². The van der Waals surface area contributed by atoms with Gasteiger partial charge >= 0.3 is 0 Å². The fourth-order valence-corrected chi connectivity index (χ4v) is 5.69. The number of furan rings is 1. The second-order valence-corrected chi connectivity index (χ2v) is 10.6. The van der Waals surface area contributed by atoms with Crippen LogP contribution in [0.25, 0.3) is 78.4 Å². The van der Waals surface area contributed by atoms with E-state index in [-0.39, 0.29) is 5.75 Å². The Morgan fingerprint density at radius 3 is 1.68 bits per heavy atom. The molecule has 0 bridgehead atoms. The number of phenolic OH excluding ortho intramolecular Hbond substituents is 1. The third-order valence-corrected chi connectivity index (χ3v) is 7.87. The molecule has 5 nitrogen and oxygen atoms in total. The second kappa shape index (κ2) is 10.6. The first-order valence-electron chi connectivity index (χ1n) is 14.4. The summed E-state index contributed by atoms with van der Waals surface area (Å²) in [6, 6.07) is 47.8. The van der Waals surface area contributed by atoms with E-state index in [9.17, 15) is 5.11 Å². The van der Waals surface area contributed by atoms with Crippen LogP contribution in [0.3, 0.4) is 0 Å². The first-order valence-corrected chi connectivity index (χ1v) is 14.4. The number of hydrogen-bond donors (Lipinski definition) is 1. The Balaban J connectivity index is 1.22. The highest BCUT2D eigenvalue weighted by Gasteiger charge is 2.18. The number of fused-ring (bicyclic) bond motifs is 3. The summed E-state index contributed by atoms with van der Waals surface area (Å²) in [5.41, 5.74) is 7.86. The summed E-state index contributed by atoms with van der Waals surface area (Å²) in [5.74, 6) is 1.78. The van der Waals surface area contributed by atoms with E-state index in [1.165, 1.54) is 0 Å². The van der Waals surface area contributed by atoms with Crippen molar-refractivity contribution in [2.45, 2.75) is 0 Å². The van der Waals surface area contributed by atoms with Crippen LogP contribution >= 0.6 is 0 Å². The fraction of sp³-hybridized carbons (Fsp3) is 0. The highest BCUT2D eigenvalue weighted by Crippen LogP contribution is 2.39. The molecule has 208 valence electrons. The van der Waals surface area contributed by atoms with Crippen LogP contribution in [0.15, 0.2) is 150 Å². The SMILES string of the molecule is Oc1cccc(-c2nc(-c3ccccc3)nc(-c3ccccc3)n2)c1-c1ccc(-c2ccc3c(c2)oc2ccccc23)cc1. The van der Waals surface area contributed by atoms with Crippen molar-refractivity contribution < 1.29 is 9.52 Å². The van der Waals surface area contributed by atoms with Crippen molar-refractivity contribution >= 4 is 21.9 Å². The Morgan fingerprint density at radius 2 is 0.977 bits per heavy atom. The van der Waals surface area contributed by atoms with Crippen LogP contribution in [-0.2, 0) is 0 Å². The smallest absolute Gasteiger partial charge is 0.164 e. The third-order valence-electron chi connectivity index (χ3n) is 7.87. The van der Waals surface area contributed by atoms with Crippen LogP contribution < -0.4 is 0 Å². The van der Waals surface area contributed by atoms with Gasteiger partial charge in [0, 0.05) is 33.0 Å². The van der Waals surface area contributed by atoms with E-state index in [4.69, 9.17) is 19.4 Å². The Labute approximate surface area is 253 Å². The molecule has 0 atom stereocenters. The highest BCUT2D eigenvalue weighted by molar-refractivity contribution is 6.05. The highest BCUT2D eigenvalue weighted by atomic mass is 16.3. The average molecular weight is 568 g/mol. The summed E-state index contributed by atoms with van der Waals surface area (Å²) < 4.78 is 6.12. The summed E-state index contributed by atoms with van der Waals surface area (Å²) in [6.45, 7) is 0. The van der Waals surface area contributed by atoms with Gasteiger partial charge in [-0.2, -0.15) is 0 Å². The van der Waals surface area contributed by atoms with Crippen molar-refractivity contribution in [3.05, 3.63) is 146 Å². The van der Waals surface area contributed by atoms with E-state index >= 15 is 0 Å². The lowest BCUT2D eigenvalue weighted by Crippen LogP contribution is -2.01. The van der Waals surface area contributed by atoms with Gasteiger partial charge in [0.1, 0.15) is 16.9 Å². The minimum Gasteiger partial charge on any atom is -0.507 e. The Kier molecular flexibility index (Phi) is 6.20. The molecule has 0 unspecified atom stereocenters. The summed E-state index contributed by atoms with van der Waals surface area (Å²) in [4.78, 5) is 14.6. The molecule has 0 aliphatic heterocycles. The predicted octanol–water partition coefficient (Wildman–Crippen LogP) is 9.81. The molecule has 1 N–H and O–H groups in total. The van der Waals surface area contributed by atoms with Crippen LogP contribution in [0, 0.1) is 0 Å².